The number of esters is 3. The van der Waals surface area contributed by atoms with E-state index in [0.717, 1.165) is 44.9 Å². The molecule has 72 heavy (non-hydrogen) atoms. The molecule has 8 aliphatic rings. The summed E-state index contributed by atoms with van der Waals surface area (Å²) < 4.78 is 28.8. The van der Waals surface area contributed by atoms with Crippen LogP contribution in [-0.4, -0.2) is 169 Å². The highest BCUT2D eigenvalue weighted by Gasteiger charge is 2.70. The molecular weight excluding hydrogens is 943 g/mol. The summed E-state index contributed by atoms with van der Waals surface area (Å²) in [5, 5.41) is 98.2. The van der Waals surface area contributed by atoms with E-state index in [0.29, 0.717) is 38.0 Å². The molecule has 18 atom stereocenters. The fraction of sp³-hybridized carbons (Fsp3) is 0.902. The van der Waals surface area contributed by atoms with Crippen LogP contribution in [0.15, 0.2) is 16.9 Å². The summed E-state index contributed by atoms with van der Waals surface area (Å²) >= 11 is 0. The highest BCUT2D eigenvalue weighted by atomic mass is 16.8. The van der Waals surface area contributed by atoms with Gasteiger partial charge in [-0.15, -0.1) is 5.01 Å². The van der Waals surface area contributed by atoms with Crippen molar-refractivity contribution in [2.45, 2.75) is 212 Å². The topological polar surface area (TPSA) is 310 Å². The molecule has 4 saturated carbocycles. The summed E-state index contributed by atoms with van der Waals surface area (Å²) in [6, 6.07) is 0. The molecular formula is C51H81N3O18. The Morgan fingerprint density at radius 1 is 0.708 bits per heavy atom. The summed E-state index contributed by atoms with van der Waals surface area (Å²) in [6.45, 7) is 15.2. The Labute approximate surface area is 421 Å². The number of allylic oxidation sites excluding steroid dienone is 2. The van der Waals surface area contributed by atoms with Crippen molar-refractivity contribution < 1.29 is 88.7 Å². The van der Waals surface area contributed by atoms with E-state index < -0.39 is 104 Å². The highest BCUT2D eigenvalue weighted by molar-refractivity contribution is 5.79. The standard InChI is InChI=1S/C51H81N3O18/c1-46(2)18-20-51(45(65)71-43-41(63)39(61)37(59)30(25-55)68-43)21-19-49(6)28(29(51)24-46)8-9-33-48(5)16-13-34(47(3,4)32(48)12-17-50(33,49)7)70-36(58)11-10-35(57)67-27-14-22-53(23-15-27)54(66)52-72-44-42(64)40(62)38(60)31(26-56)69-44/h8,27,29-34,37-44,55-56,59-64H,9-26H2,1-7H3/b54-52-/t29-,30+,31+,32-,33+,34-,37-,38-,39-,40-,41+,42+,43-,44-,48-,49+,50+,51-/m0/s1. The molecule has 21 heteroatoms. The molecule has 0 amide bonds. The van der Waals surface area contributed by atoms with Crippen molar-refractivity contribution in [3.8, 4) is 0 Å². The number of hydrazine groups is 1. The molecule has 0 radical (unpaired) electrons. The number of fused-ring (bicyclic) bond motifs is 7. The molecule has 3 saturated heterocycles. The number of hydrogen-bond donors (Lipinski definition) is 8. The second kappa shape index (κ2) is 20.4. The van der Waals surface area contributed by atoms with Crippen LogP contribution in [0.1, 0.15) is 138 Å². The average molecular weight is 1020 g/mol. The molecule has 21 nitrogen and oxygen atoms in total. The number of hydrogen-bond acceptors (Lipinski definition) is 19. The van der Waals surface area contributed by atoms with E-state index in [1.807, 2.05) is 0 Å². The second-order valence-electron chi connectivity index (χ2n) is 24.6. The molecule has 0 aromatic carbocycles. The van der Waals surface area contributed by atoms with Crippen LogP contribution in [-0.2, 0) is 42.9 Å². The smallest absolute Gasteiger partial charge is 0.315 e. The number of aliphatic hydroxyl groups is 8. The van der Waals surface area contributed by atoms with Crippen LogP contribution in [0.2, 0.25) is 0 Å². The number of nitrogens with zero attached hydrogens (tertiary/aromatic N) is 3. The molecule has 0 aromatic rings. The Hall–Kier alpha value is -3.25. The van der Waals surface area contributed by atoms with E-state index in [2.05, 4.69) is 59.8 Å². The highest BCUT2D eigenvalue weighted by Crippen LogP contribution is 2.76. The zero-order chi connectivity index (χ0) is 52.5. The largest absolute Gasteiger partial charge is 0.569 e. The average Bonchev–Trinajstić information content (AvgIpc) is 3.33. The SMILES string of the molecule is CC1(C)CC[C@]2(C(=O)O[C@@H]3O[C@H](CO)[C@H](O)[C@H](O)[C@H]3O)CC[C@]3(C)C(=CC[C@@H]4[C@@]5(C)CC[C@H](OC(=O)CCC(=O)OC6CCN(/[N+]([O-])=N/O[C@@H]7O[C@H](CO)[C@H](O)[C@H](O)[C@H]7O)CC6)C(C)(C)[C@@H]5CC[C@]43C)[C@@H]2C1. The van der Waals surface area contributed by atoms with E-state index in [9.17, 15) is 60.4 Å². The quantitative estimate of drug-likeness (QED) is 0.0348. The molecule has 0 unspecified atom stereocenters. The van der Waals surface area contributed by atoms with Crippen molar-refractivity contribution in [2.75, 3.05) is 26.3 Å². The lowest BCUT2D eigenvalue weighted by molar-refractivity contribution is -0.716. The predicted octanol–water partition coefficient (Wildman–Crippen LogP) is 2.44. The number of rotatable bonds is 12. The first-order valence-corrected chi connectivity index (χ1v) is 26.3. The normalized spacial score (nSPS) is 45.0. The van der Waals surface area contributed by atoms with Gasteiger partial charge in [0.15, 0.2) is 0 Å². The van der Waals surface area contributed by atoms with E-state index in [4.69, 9.17) is 28.5 Å². The summed E-state index contributed by atoms with van der Waals surface area (Å²) in [6.07, 6.45) is -5.82. The zero-order valence-electron chi connectivity index (χ0n) is 43.0. The van der Waals surface area contributed by atoms with Crippen molar-refractivity contribution in [1.82, 2.24) is 5.01 Å². The molecule has 5 aliphatic carbocycles. The summed E-state index contributed by atoms with van der Waals surface area (Å²) in [5.74, 6) is -1.05. The molecule has 0 bridgehead atoms. The Balaban J connectivity index is 0.860. The Kier molecular flexibility index (Phi) is 15.6. The predicted molar refractivity (Wildman–Crippen MR) is 250 cm³/mol. The van der Waals surface area contributed by atoms with Crippen molar-refractivity contribution in [3.63, 3.8) is 0 Å². The third-order valence-corrected chi connectivity index (χ3v) is 19.9. The van der Waals surface area contributed by atoms with Gasteiger partial charge in [-0.3, -0.25) is 14.4 Å². The van der Waals surface area contributed by atoms with Crippen LogP contribution in [0.4, 0.5) is 0 Å². The Bertz CT molecular complexity index is 2060. The fourth-order valence-corrected chi connectivity index (χ4v) is 15.3. The first kappa shape index (κ1) is 55.0. The van der Waals surface area contributed by atoms with Gasteiger partial charge in [0.2, 0.25) is 11.6 Å². The minimum absolute atomic E-state index is 0.0413. The fourth-order valence-electron chi connectivity index (χ4n) is 15.3. The maximum absolute atomic E-state index is 14.6. The van der Waals surface area contributed by atoms with Crippen LogP contribution >= 0.6 is 0 Å². The molecule has 7 fully saturated rings. The first-order chi connectivity index (χ1) is 33.8. The van der Waals surface area contributed by atoms with Crippen LogP contribution in [0, 0.1) is 55.5 Å². The van der Waals surface area contributed by atoms with Gasteiger partial charge in [0.1, 0.15) is 61.0 Å². The minimum Gasteiger partial charge on any atom is -0.569 e. The Morgan fingerprint density at radius 2 is 1.29 bits per heavy atom. The van der Waals surface area contributed by atoms with E-state index >= 15 is 0 Å². The lowest BCUT2D eigenvalue weighted by atomic mass is 9.33. The van der Waals surface area contributed by atoms with Gasteiger partial charge >= 0.3 is 17.9 Å². The maximum atomic E-state index is 14.6. The summed E-state index contributed by atoms with van der Waals surface area (Å²) in [4.78, 5) is 46.2. The molecule has 0 spiro atoms. The van der Waals surface area contributed by atoms with E-state index in [-0.39, 0.29) is 75.9 Å². The van der Waals surface area contributed by atoms with Crippen molar-refractivity contribution in [1.29, 1.82) is 0 Å². The molecule has 3 heterocycles. The third kappa shape index (κ3) is 9.56. The number of carbonyl (C=O) groups excluding carboxylic acids is 3. The van der Waals surface area contributed by atoms with Crippen molar-refractivity contribution in [3.05, 3.63) is 16.9 Å². The van der Waals surface area contributed by atoms with Crippen molar-refractivity contribution >= 4 is 17.9 Å². The third-order valence-electron chi connectivity index (χ3n) is 19.9. The van der Waals surface area contributed by atoms with Crippen LogP contribution < -0.4 is 0 Å². The molecule has 8 rings (SSSR count). The number of ether oxygens (including phenoxy) is 5. The van der Waals surface area contributed by atoms with Gasteiger partial charge in [-0.1, -0.05) is 60.1 Å². The molecule has 408 valence electrons. The van der Waals surface area contributed by atoms with Gasteiger partial charge in [-0.25, -0.2) is 0 Å². The van der Waals surface area contributed by atoms with Crippen LogP contribution in [0.25, 0.3) is 0 Å². The second-order valence-corrected chi connectivity index (χ2v) is 24.6. The van der Waals surface area contributed by atoms with Gasteiger partial charge in [0.05, 0.1) is 49.5 Å². The lowest BCUT2D eigenvalue weighted by Crippen LogP contribution is -2.65. The number of carbonyl (C=O) groups is 3. The number of piperidine rings is 1. The van der Waals surface area contributed by atoms with E-state index in [1.165, 1.54) is 10.6 Å². The van der Waals surface area contributed by atoms with Gasteiger partial charge in [-0.2, -0.15) is 0 Å². The van der Waals surface area contributed by atoms with Crippen molar-refractivity contribution in [2.24, 2.45) is 55.5 Å². The minimum atomic E-state index is -1.73. The summed E-state index contributed by atoms with van der Waals surface area (Å²) in [7, 11) is 0. The van der Waals surface area contributed by atoms with Crippen LogP contribution in [0.5, 0.6) is 0 Å². The first-order valence-electron chi connectivity index (χ1n) is 26.3. The van der Waals surface area contributed by atoms with Gasteiger partial charge in [0.25, 0.3) is 6.29 Å². The molecule has 0 aromatic heterocycles. The Morgan fingerprint density at radius 3 is 1.92 bits per heavy atom. The van der Waals surface area contributed by atoms with Gasteiger partial charge < -0.3 is 74.6 Å². The monoisotopic (exact) mass is 1020 g/mol. The molecule has 8 N–H and O–H groups in total. The maximum Gasteiger partial charge on any atom is 0.315 e. The van der Waals surface area contributed by atoms with E-state index in [1.54, 1.807) is 0 Å². The zero-order valence-corrected chi connectivity index (χ0v) is 43.0. The number of aliphatic hydroxyl groups excluding tert-OH is 8. The van der Waals surface area contributed by atoms with Crippen LogP contribution in [0.3, 0.4) is 0 Å². The van der Waals surface area contributed by atoms with Gasteiger partial charge in [0, 0.05) is 18.3 Å². The molecule has 3 aliphatic heterocycles. The lowest BCUT2D eigenvalue weighted by Gasteiger charge is -2.71. The summed E-state index contributed by atoms with van der Waals surface area (Å²) in [5.41, 5.74) is -0.390. The van der Waals surface area contributed by atoms with Gasteiger partial charge in [-0.05, 0) is 104 Å².